The van der Waals surface area contributed by atoms with E-state index in [1.165, 1.54) is 4.90 Å². The van der Waals surface area contributed by atoms with Crippen LogP contribution in [0.2, 0.25) is 5.15 Å². The maximum Gasteiger partial charge on any atom is 0.260 e. The number of anilines is 2. The molecule has 0 bridgehead atoms. The number of H-pyrrole nitrogens is 1. The normalized spacial score (nSPS) is 13.8. The number of nitrogens with one attached hydrogen (secondary N) is 1. The second-order valence-electron chi connectivity index (χ2n) is 9.07. The predicted octanol–water partition coefficient (Wildman–Crippen LogP) is 3.95. The molecule has 3 N–H and O–H groups in total. The van der Waals surface area contributed by atoms with Crippen LogP contribution in [0.25, 0.3) is 11.6 Å². The topological polar surface area (TPSA) is 130 Å². The van der Waals surface area contributed by atoms with Gasteiger partial charge in [0.1, 0.15) is 10.9 Å². The summed E-state index contributed by atoms with van der Waals surface area (Å²) in [4.78, 5) is 45.6. The number of pyridine rings is 1. The molecule has 4 heterocycles. The fourth-order valence-electron chi connectivity index (χ4n) is 4.70. The van der Waals surface area contributed by atoms with Gasteiger partial charge in [0, 0.05) is 48.2 Å². The number of methoxy groups -OCH3 is 1. The first kappa shape index (κ1) is 27.1. The van der Waals surface area contributed by atoms with Gasteiger partial charge in [-0.3, -0.25) is 19.5 Å². The minimum Gasteiger partial charge on any atom is -0.496 e. The minimum atomic E-state index is -0.296. The maximum absolute atomic E-state index is 13.7. The highest BCUT2D eigenvalue weighted by Gasteiger charge is 2.37. The van der Waals surface area contributed by atoms with Gasteiger partial charge >= 0.3 is 0 Å². The Morgan fingerprint density at radius 3 is 2.66 bits per heavy atom. The van der Waals surface area contributed by atoms with Crippen LogP contribution in [0, 0.1) is 13.8 Å². The second kappa shape index (κ2) is 11.2. The van der Waals surface area contributed by atoms with Crippen LogP contribution in [0.4, 0.5) is 11.8 Å². The summed E-state index contributed by atoms with van der Waals surface area (Å²) in [5, 5.41) is 0.0948. The molecule has 10 nitrogen and oxygen atoms in total. The third kappa shape index (κ3) is 5.22. The van der Waals surface area contributed by atoms with Gasteiger partial charge in [0.25, 0.3) is 5.91 Å². The number of nitrogens with two attached hydrogens (primary N) is 1. The number of hydrogen-bond acceptors (Lipinski definition) is 7. The summed E-state index contributed by atoms with van der Waals surface area (Å²) < 4.78 is 5.53. The van der Waals surface area contributed by atoms with Crippen LogP contribution in [-0.2, 0) is 22.6 Å². The highest BCUT2D eigenvalue weighted by atomic mass is 35.5. The lowest BCUT2D eigenvalue weighted by atomic mass is 10.1. The third-order valence-electron chi connectivity index (χ3n) is 6.71. The summed E-state index contributed by atoms with van der Waals surface area (Å²) in [5.41, 5.74) is 10.6. The summed E-state index contributed by atoms with van der Waals surface area (Å²) in [6.45, 7) is 9.28. The first-order chi connectivity index (χ1) is 18.2. The van der Waals surface area contributed by atoms with Crippen molar-refractivity contribution >= 4 is 46.8 Å². The van der Waals surface area contributed by atoms with Crippen LogP contribution in [0.5, 0.6) is 5.75 Å². The van der Waals surface area contributed by atoms with E-state index in [0.29, 0.717) is 54.3 Å². The predicted molar refractivity (Wildman–Crippen MR) is 148 cm³/mol. The van der Waals surface area contributed by atoms with Crippen molar-refractivity contribution < 1.29 is 14.3 Å². The zero-order valence-electron chi connectivity index (χ0n) is 22.3. The number of halogens is 1. The quantitative estimate of drug-likeness (QED) is 0.312. The van der Waals surface area contributed by atoms with E-state index < -0.39 is 0 Å². The van der Waals surface area contributed by atoms with Gasteiger partial charge < -0.3 is 20.4 Å². The molecule has 0 radical (unpaired) electrons. The second-order valence-corrected chi connectivity index (χ2v) is 9.43. The molecule has 200 valence electrons. The van der Waals surface area contributed by atoms with E-state index in [-0.39, 0.29) is 29.5 Å². The number of hydrogen-bond donors (Lipinski definition) is 2. The summed E-state index contributed by atoms with van der Waals surface area (Å²) in [7, 11) is 1.61. The number of nitrogens with zero attached hydrogens (tertiary/aromatic N) is 5. The fourth-order valence-corrected chi connectivity index (χ4v) is 4.97. The lowest BCUT2D eigenvalue weighted by Crippen LogP contribution is -2.30. The number of fused-ring (bicyclic) bond motifs is 1. The number of rotatable bonds is 9. The molecule has 3 aromatic heterocycles. The van der Waals surface area contributed by atoms with E-state index in [0.717, 1.165) is 22.6 Å². The van der Waals surface area contributed by atoms with Crippen molar-refractivity contribution in [3.8, 4) is 5.75 Å². The summed E-state index contributed by atoms with van der Waals surface area (Å²) >= 11 is 6.48. The molecular formula is C27H32ClN7O3. The van der Waals surface area contributed by atoms with Gasteiger partial charge in [-0.2, -0.15) is 4.98 Å². The van der Waals surface area contributed by atoms with Gasteiger partial charge in [-0.25, -0.2) is 4.98 Å². The van der Waals surface area contributed by atoms with E-state index in [1.54, 1.807) is 19.4 Å². The largest absolute Gasteiger partial charge is 0.496 e. The Kier molecular flexibility index (Phi) is 8.01. The average molecular weight is 538 g/mol. The van der Waals surface area contributed by atoms with Crippen LogP contribution in [0.15, 0.2) is 18.3 Å². The number of nitrogen functional groups attached to an aromatic ring is 1. The van der Waals surface area contributed by atoms with Crippen LogP contribution in [-0.4, -0.2) is 56.8 Å². The zero-order chi connectivity index (χ0) is 27.6. The lowest BCUT2D eigenvalue weighted by molar-refractivity contribution is -0.130. The van der Waals surface area contributed by atoms with Gasteiger partial charge in [-0.1, -0.05) is 11.6 Å². The fraction of sp³-hybridized carbons (Fsp3) is 0.370. The molecule has 0 saturated carbocycles. The molecule has 0 aliphatic carbocycles. The molecule has 0 fully saturated rings. The highest BCUT2D eigenvalue weighted by molar-refractivity contribution is 6.41. The monoisotopic (exact) mass is 537 g/mol. The molecule has 11 heteroatoms. The van der Waals surface area contributed by atoms with E-state index in [1.807, 2.05) is 44.7 Å². The molecule has 0 unspecified atom stereocenters. The van der Waals surface area contributed by atoms with E-state index in [4.69, 9.17) is 22.1 Å². The van der Waals surface area contributed by atoms with Crippen molar-refractivity contribution in [2.45, 2.75) is 47.1 Å². The van der Waals surface area contributed by atoms with Gasteiger partial charge in [-0.05, 0) is 52.3 Å². The van der Waals surface area contributed by atoms with Crippen molar-refractivity contribution in [2.24, 2.45) is 0 Å². The van der Waals surface area contributed by atoms with Crippen LogP contribution < -0.4 is 15.4 Å². The Morgan fingerprint density at radius 2 is 1.97 bits per heavy atom. The van der Waals surface area contributed by atoms with Crippen molar-refractivity contribution in [1.82, 2.24) is 24.8 Å². The molecule has 0 saturated heterocycles. The first-order valence-corrected chi connectivity index (χ1v) is 12.9. The molecule has 0 atom stereocenters. The number of carbonyl (C=O) groups excluding carboxylic acids is 2. The molecule has 3 aromatic rings. The zero-order valence-corrected chi connectivity index (χ0v) is 23.0. The number of ether oxygens (including phenoxy) is 1. The lowest BCUT2D eigenvalue weighted by Gasteiger charge is -2.19. The summed E-state index contributed by atoms with van der Waals surface area (Å²) in [6.07, 6.45) is 4.40. The van der Waals surface area contributed by atoms with Gasteiger partial charge in [0.15, 0.2) is 5.82 Å². The molecule has 4 rings (SSSR count). The number of aryl methyl sites for hydroxylation is 2. The Hall–Kier alpha value is -3.92. The molecule has 0 spiro atoms. The summed E-state index contributed by atoms with van der Waals surface area (Å²) in [6, 6.07) is 3.77. The van der Waals surface area contributed by atoms with Crippen molar-refractivity contribution in [3.05, 3.63) is 57.3 Å². The van der Waals surface area contributed by atoms with Gasteiger partial charge in [-0.15, -0.1) is 0 Å². The van der Waals surface area contributed by atoms with Crippen molar-refractivity contribution in [3.63, 3.8) is 0 Å². The Bertz CT molecular complexity index is 1410. The molecule has 1 aliphatic rings. The van der Waals surface area contributed by atoms with E-state index in [9.17, 15) is 9.59 Å². The Balaban J connectivity index is 1.64. The van der Waals surface area contributed by atoms with Crippen LogP contribution >= 0.6 is 11.6 Å². The Labute approximate surface area is 226 Å². The third-order valence-corrected chi connectivity index (χ3v) is 6.99. The minimum absolute atomic E-state index is 0.0287. The maximum atomic E-state index is 13.7. The van der Waals surface area contributed by atoms with Crippen molar-refractivity contribution in [2.75, 3.05) is 30.8 Å². The number of carbonyl (C=O) groups is 2. The first-order valence-electron chi connectivity index (χ1n) is 12.5. The van der Waals surface area contributed by atoms with E-state index >= 15 is 0 Å². The number of aromatic nitrogens is 4. The average Bonchev–Trinajstić information content (AvgIpc) is 3.43. The molecule has 0 aromatic carbocycles. The molecular weight excluding hydrogens is 506 g/mol. The van der Waals surface area contributed by atoms with Crippen LogP contribution in [0.3, 0.4) is 0 Å². The molecule has 2 amide bonds. The SMILES string of the molecule is CCN(CC)C(=O)CCc1ccc(C=C2C(=O)N(Cc3ncc(C)c(OC)c3C)c3nc(N)nc(Cl)c32)[nH]1. The number of amides is 2. The van der Waals surface area contributed by atoms with Crippen molar-refractivity contribution in [1.29, 1.82) is 0 Å². The van der Waals surface area contributed by atoms with Gasteiger partial charge in [0.2, 0.25) is 11.9 Å². The van der Waals surface area contributed by atoms with E-state index in [2.05, 4.69) is 19.9 Å². The molecule has 38 heavy (non-hydrogen) atoms. The van der Waals surface area contributed by atoms with Gasteiger partial charge in [0.05, 0.1) is 30.5 Å². The highest BCUT2D eigenvalue weighted by Crippen LogP contribution is 2.41. The summed E-state index contributed by atoms with van der Waals surface area (Å²) in [5.74, 6) is 0.833. The number of aromatic amines is 1. The Morgan fingerprint density at radius 1 is 1.24 bits per heavy atom. The smallest absolute Gasteiger partial charge is 0.260 e. The molecule has 1 aliphatic heterocycles. The van der Waals surface area contributed by atoms with Crippen LogP contribution in [0.1, 0.15) is 54.0 Å². The standard InChI is InChI=1S/C27H32ClN7O3/c1-6-34(7-2)21(36)11-10-17-8-9-18(31-17)12-19-22-24(28)32-27(29)33-25(22)35(26(19)37)14-20-16(4)23(38-5)15(3)13-30-20/h8-9,12-13,31H,6-7,10-11,14H2,1-5H3,(H2,29,32,33).